The molecule has 0 saturated heterocycles. The van der Waals surface area contributed by atoms with Gasteiger partial charge in [0.25, 0.3) is 0 Å². The first-order valence-electron chi connectivity index (χ1n) is 6.71. The molecule has 21 heavy (non-hydrogen) atoms. The molecule has 2 aromatic carbocycles. The largest absolute Gasteiger partial charge is 0.495 e. The fourth-order valence-electron chi connectivity index (χ4n) is 2.35. The van der Waals surface area contributed by atoms with Gasteiger partial charge < -0.3 is 10.5 Å². The number of nitrogens with two attached hydrogens (primary N) is 1. The number of halogens is 2. The quantitative estimate of drug-likeness (QED) is 0.904. The van der Waals surface area contributed by atoms with Crippen LogP contribution in [0, 0.1) is 5.82 Å². The SMILES string of the molecule is COc1cc(C(N)C(C)(C)c2ccc(F)cc2)ccc1Cl. The molecule has 0 bridgehead atoms. The first kappa shape index (κ1) is 15.8. The highest BCUT2D eigenvalue weighted by Gasteiger charge is 2.30. The Morgan fingerprint density at radius 1 is 1.14 bits per heavy atom. The van der Waals surface area contributed by atoms with Gasteiger partial charge in [-0.1, -0.05) is 43.6 Å². The Hall–Kier alpha value is -1.58. The number of rotatable bonds is 4. The van der Waals surface area contributed by atoms with Crippen LogP contribution in [0.4, 0.5) is 4.39 Å². The first-order chi connectivity index (χ1) is 9.86. The molecule has 0 amide bonds. The van der Waals surface area contributed by atoms with Gasteiger partial charge in [0, 0.05) is 11.5 Å². The lowest BCUT2D eigenvalue weighted by molar-refractivity contribution is 0.403. The van der Waals surface area contributed by atoms with Gasteiger partial charge in [-0.2, -0.15) is 0 Å². The van der Waals surface area contributed by atoms with Crippen LogP contribution in [0.25, 0.3) is 0 Å². The smallest absolute Gasteiger partial charge is 0.137 e. The zero-order valence-corrected chi connectivity index (χ0v) is 13.1. The van der Waals surface area contributed by atoms with Crippen LogP contribution < -0.4 is 10.5 Å². The lowest BCUT2D eigenvalue weighted by atomic mass is 9.75. The van der Waals surface area contributed by atoms with Crippen molar-refractivity contribution in [2.24, 2.45) is 5.73 Å². The molecule has 0 saturated carbocycles. The highest BCUT2D eigenvalue weighted by Crippen LogP contribution is 2.37. The summed E-state index contributed by atoms with van der Waals surface area (Å²) in [5.74, 6) is 0.343. The van der Waals surface area contributed by atoms with Gasteiger partial charge in [0.05, 0.1) is 12.1 Å². The molecule has 0 aromatic heterocycles. The Balaban J connectivity index is 2.37. The van der Waals surface area contributed by atoms with Crippen molar-refractivity contribution in [3.63, 3.8) is 0 Å². The number of hydrogen-bond donors (Lipinski definition) is 1. The molecule has 2 rings (SSSR count). The van der Waals surface area contributed by atoms with E-state index in [1.165, 1.54) is 12.1 Å². The van der Waals surface area contributed by atoms with E-state index in [2.05, 4.69) is 0 Å². The van der Waals surface area contributed by atoms with Gasteiger partial charge in [0.2, 0.25) is 0 Å². The van der Waals surface area contributed by atoms with E-state index in [1.807, 2.05) is 26.0 Å². The summed E-state index contributed by atoms with van der Waals surface area (Å²) in [6.45, 7) is 4.07. The normalized spacial score (nSPS) is 13.0. The van der Waals surface area contributed by atoms with Crippen LogP contribution in [-0.4, -0.2) is 7.11 Å². The van der Waals surface area contributed by atoms with E-state index in [-0.39, 0.29) is 17.3 Å². The molecule has 0 radical (unpaired) electrons. The monoisotopic (exact) mass is 307 g/mol. The molecule has 0 aliphatic heterocycles. The minimum atomic E-state index is -0.355. The fraction of sp³-hybridized carbons (Fsp3) is 0.294. The summed E-state index contributed by atoms with van der Waals surface area (Å²) in [6.07, 6.45) is 0. The van der Waals surface area contributed by atoms with Gasteiger partial charge in [-0.05, 0) is 35.4 Å². The molecule has 0 aliphatic carbocycles. The van der Waals surface area contributed by atoms with Crippen LogP contribution in [0.15, 0.2) is 42.5 Å². The van der Waals surface area contributed by atoms with Crippen LogP contribution in [0.1, 0.15) is 31.0 Å². The van der Waals surface area contributed by atoms with Crippen LogP contribution in [-0.2, 0) is 5.41 Å². The standard InChI is InChI=1S/C17H19ClFNO/c1-17(2,12-5-7-13(19)8-6-12)16(20)11-4-9-14(18)15(10-11)21-3/h4-10,16H,20H2,1-3H3. The number of ether oxygens (including phenoxy) is 1. The maximum absolute atomic E-state index is 13.1. The Morgan fingerprint density at radius 2 is 1.76 bits per heavy atom. The molecule has 0 spiro atoms. The summed E-state index contributed by atoms with van der Waals surface area (Å²) in [6, 6.07) is 11.7. The Kier molecular flexibility index (Phi) is 4.55. The molecule has 1 unspecified atom stereocenters. The van der Waals surface area contributed by atoms with Crippen molar-refractivity contribution in [1.82, 2.24) is 0 Å². The third kappa shape index (κ3) is 3.20. The topological polar surface area (TPSA) is 35.2 Å². The molecule has 2 aromatic rings. The summed E-state index contributed by atoms with van der Waals surface area (Å²) in [4.78, 5) is 0. The van der Waals surface area contributed by atoms with E-state index in [9.17, 15) is 4.39 Å². The average Bonchev–Trinajstić information content (AvgIpc) is 2.47. The first-order valence-corrected chi connectivity index (χ1v) is 7.09. The van der Waals surface area contributed by atoms with Crippen molar-refractivity contribution in [2.45, 2.75) is 25.3 Å². The molecule has 2 N–H and O–H groups in total. The fourth-order valence-corrected chi connectivity index (χ4v) is 2.54. The van der Waals surface area contributed by atoms with E-state index < -0.39 is 0 Å². The Labute approximate surface area is 129 Å². The summed E-state index contributed by atoms with van der Waals surface area (Å²) in [5.41, 5.74) is 7.97. The van der Waals surface area contributed by atoms with Gasteiger partial charge in [0.1, 0.15) is 11.6 Å². The van der Waals surface area contributed by atoms with Crippen molar-refractivity contribution in [1.29, 1.82) is 0 Å². The van der Waals surface area contributed by atoms with Crippen molar-refractivity contribution >= 4 is 11.6 Å². The number of methoxy groups -OCH3 is 1. The minimum absolute atomic E-state index is 0.253. The molecule has 2 nitrogen and oxygen atoms in total. The predicted octanol–water partition coefficient (Wildman–Crippen LogP) is 4.47. The number of hydrogen-bond acceptors (Lipinski definition) is 2. The highest BCUT2D eigenvalue weighted by molar-refractivity contribution is 6.32. The van der Waals surface area contributed by atoms with E-state index in [0.29, 0.717) is 10.8 Å². The van der Waals surface area contributed by atoms with Crippen LogP contribution in [0.2, 0.25) is 5.02 Å². The zero-order valence-electron chi connectivity index (χ0n) is 12.4. The van der Waals surface area contributed by atoms with E-state index >= 15 is 0 Å². The highest BCUT2D eigenvalue weighted by atomic mass is 35.5. The lowest BCUT2D eigenvalue weighted by Gasteiger charge is -2.33. The number of benzene rings is 2. The second-order valence-electron chi connectivity index (χ2n) is 5.60. The molecule has 0 aliphatic rings. The zero-order chi connectivity index (χ0) is 15.6. The molecule has 0 heterocycles. The molecule has 1 atom stereocenters. The molecule has 0 fully saturated rings. The van der Waals surface area contributed by atoms with Gasteiger partial charge >= 0.3 is 0 Å². The van der Waals surface area contributed by atoms with E-state index in [1.54, 1.807) is 25.3 Å². The van der Waals surface area contributed by atoms with Crippen LogP contribution >= 0.6 is 11.6 Å². The predicted molar refractivity (Wildman–Crippen MR) is 84.4 cm³/mol. The molecular formula is C17H19ClFNO. The van der Waals surface area contributed by atoms with Gasteiger partial charge in [-0.25, -0.2) is 4.39 Å². The van der Waals surface area contributed by atoms with Crippen LogP contribution in [0.5, 0.6) is 5.75 Å². The van der Waals surface area contributed by atoms with E-state index in [4.69, 9.17) is 22.1 Å². The summed E-state index contributed by atoms with van der Waals surface area (Å²) in [7, 11) is 1.57. The maximum atomic E-state index is 13.1. The second-order valence-corrected chi connectivity index (χ2v) is 6.01. The lowest BCUT2D eigenvalue weighted by Crippen LogP contribution is -2.33. The third-order valence-electron chi connectivity index (χ3n) is 3.90. The van der Waals surface area contributed by atoms with Gasteiger partial charge in [-0.15, -0.1) is 0 Å². The van der Waals surface area contributed by atoms with Crippen molar-refractivity contribution in [3.8, 4) is 5.75 Å². The van der Waals surface area contributed by atoms with Gasteiger partial charge in [-0.3, -0.25) is 0 Å². The minimum Gasteiger partial charge on any atom is -0.495 e. The molecular weight excluding hydrogens is 289 g/mol. The van der Waals surface area contributed by atoms with Crippen molar-refractivity contribution in [2.75, 3.05) is 7.11 Å². The molecule has 112 valence electrons. The van der Waals surface area contributed by atoms with Crippen molar-refractivity contribution < 1.29 is 9.13 Å². The molecule has 4 heteroatoms. The maximum Gasteiger partial charge on any atom is 0.137 e. The summed E-state index contributed by atoms with van der Waals surface area (Å²) < 4.78 is 18.3. The van der Waals surface area contributed by atoms with Crippen molar-refractivity contribution in [3.05, 3.63) is 64.4 Å². The third-order valence-corrected chi connectivity index (χ3v) is 4.21. The Bertz CT molecular complexity index is 625. The Morgan fingerprint density at radius 3 is 2.33 bits per heavy atom. The summed E-state index contributed by atoms with van der Waals surface area (Å²) >= 11 is 6.04. The van der Waals surface area contributed by atoms with Crippen LogP contribution in [0.3, 0.4) is 0 Å². The van der Waals surface area contributed by atoms with E-state index in [0.717, 1.165) is 11.1 Å². The average molecular weight is 308 g/mol. The second kappa shape index (κ2) is 6.04. The summed E-state index contributed by atoms with van der Waals surface area (Å²) in [5, 5.41) is 0.549. The van der Waals surface area contributed by atoms with Gasteiger partial charge in [0.15, 0.2) is 0 Å².